The molecule has 2 aromatic carbocycles. The summed E-state index contributed by atoms with van der Waals surface area (Å²) in [5.41, 5.74) is 6.87. The SMILES string of the molecule is CN(C)CCOc1cccc(Nc2nccc(-c3c(-c4cccc(C5(F)C=CC=C(F)C5C(N)=O)c4)nn4ccccc34)n2)c1. The van der Waals surface area contributed by atoms with Crippen LogP contribution in [-0.4, -0.2) is 57.6 Å². The summed E-state index contributed by atoms with van der Waals surface area (Å²) in [6, 6.07) is 21.4. The number of halogens is 2. The Balaban J connectivity index is 1.37. The van der Waals surface area contributed by atoms with Crippen molar-refractivity contribution in [1.82, 2.24) is 24.5 Å². The van der Waals surface area contributed by atoms with Crippen molar-refractivity contribution in [2.45, 2.75) is 5.67 Å². The number of carbonyl (C=O) groups is 1. The molecule has 9 nitrogen and oxygen atoms in total. The van der Waals surface area contributed by atoms with E-state index >= 15 is 4.39 Å². The number of allylic oxidation sites excluding steroid dienone is 3. The number of aromatic nitrogens is 4. The molecule has 2 unspecified atom stereocenters. The molecule has 6 rings (SSSR count). The first-order chi connectivity index (χ1) is 21.7. The Bertz CT molecular complexity index is 1940. The third-order valence-corrected chi connectivity index (χ3v) is 7.50. The molecule has 0 spiro atoms. The van der Waals surface area contributed by atoms with Crippen LogP contribution in [0.25, 0.3) is 28.0 Å². The molecule has 5 aromatic rings. The molecule has 0 aliphatic heterocycles. The number of anilines is 2. The summed E-state index contributed by atoms with van der Waals surface area (Å²) in [7, 11) is 3.98. The number of ether oxygens (including phenoxy) is 1. The van der Waals surface area contributed by atoms with Gasteiger partial charge in [0.15, 0.2) is 5.67 Å². The van der Waals surface area contributed by atoms with Gasteiger partial charge in [-0.15, -0.1) is 0 Å². The fourth-order valence-corrected chi connectivity index (χ4v) is 5.33. The zero-order chi connectivity index (χ0) is 31.6. The Hall–Kier alpha value is -5.42. The van der Waals surface area contributed by atoms with Gasteiger partial charge >= 0.3 is 0 Å². The van der Waals surface area contributed by atoms with E-state index in [2.05, 4.69) is 10.3 Å². The maximum Gasteiger partial charge on any atom is 0.231 e. The van der Waals surface area contributed by atoms with Gasteiger partial charge in [-0.05, 0) is 68.2 Å². The third-order valence-electron chi connectivity index (χ3n) is 7.50. The van der Waals surface area contributed by atoms with Crippen LogP contribution in [0.5, 0.6) is 5.75 Å². The molecular weight excluding hydrogens is 576 g/mol. The van der Waals surface area contributed by atoms with Crippen molar-refractivity contribution in [3.05, 3.63) is 115 Å². The van der Waals surface area contributed by atoms with Crippen LogP contribution >= 0.6 is 0 Å². The zero-order valence-electron chi connectivity index (χ0n) is 24.7. The van der Waals surface area contributed by atoms with Crippen LogP contribution in [0.2, 0.25) is 0 Å². The van der Waals surface area contributed by atoms with E-state index in [9.17, 15) is 9.18 Å². The average molecular weight is 608 g/mol. The third kappa shape index (κ3) is 6.02. The molecule has 0 radical (unpaired) electrons. The highest BCUT2D eigenvalue weighted by Crippen LogP contribution is 2.44. The second-order valence-corrected chi connectivity index (χ2v) is 10.9. The number of fused-ring (bicyclic) bond motifs is 1. The molecule has 3 heterocycles. The van der Waals surface area contributed by atoms with Crippen LogP contribution in [0.4, 0.5) is 20.4 Å². The van der Waals surface area contributed by atoms with Gasteiger partial charge < -0.3 is 20.7 Å². The molecule has 0 bridgehead atoms. The molecule has 0 fully saturated rings. The maximum absolute atomic E-state index is 16.5. The first kappa shape index (κ1) is 29.6. The highest BCUT2D eigenvalue weighted by Gasteiger charge is 2.46. The molecule has 11 heteroatoms. The number of likely N-dealkylation sites (N-methyl/N-ethyl adjacent to an activating group) is 1. The van der Waals surface area contributed by atoms with Crippen molar-refractivity contribution < 1.29 is 18.3 Å². The molecule has 1 amide bonds. The fraction of sp³-hybridized carbons (Fsp3) is 0.176. The van der Waals surface area contributed by atoms with E-state index in [4.69, 9.17) is 20.6 Å². The van der Waals surface area contributed by atoms with Crippen molar-refractivity contribution >= 4 is 23.1 Å². The summed E-state index contributed by atoms with van der Waals surface area (Å²) in [5, 5.41) is 8.05. The van der Waals surface area contributed by atoms with E-state index in [0.29, 0.717) is 35.1 Å². The molecular formula is C34H31F2N7O2. The maximum atomic E-state index is 16.5. The summed E-state index contributed by atoms with van der Waals surface area (Å²) in [4.78, 5) is 23.4. The number of alkyl halides is 1. The van der Waals surface area contributed by atoms with E-state index < -0.39 is 23.3 Å². The highest BCUT2D eigenvalue weighted by molar-refractivity contribution is 5.91. The van der Waals surface area contributed by atoms with Gasteiger partial charge in [0, 0.05) is 36.3 Å². The normalized spacial score (nSPS) is 17.8. The lowest BCUT2D eigenvalue weighted by Crippen LogP contribution is -2.40. The standard InChI is InChI=1S/C34H31F2N7O2/c1-42(2)18-19-45-25-11-6-10-24(21-25)39-33-38-16-14-27(40-33)29-28-13-3-4-17-43(28)41-31(29)22-8-5-9-23(20-22)34(36)15-7-12-26(35)30(34)32(37)44/h3-17,20-21,30H,18-19H2,1-2H3,(H2,37,44)(H,38,39,40). The predicted molar refractivity (Wildman–Crippen MR) is 169 cm³/mol. The number of hydrogen-bond acceptors (Lipinski definition) is 7. The van der Waals surface area contributed by atoms with E-state index in [1.54, 1.807) is 41.2 Å². The first-order valence-electron chi connectivity index (χ1n) is 14.3. The molecule has 45 heavy (non-hydrogen) atoms. The van der Waals surface area contributed by atoms with Crippen molar-refractivity contribution in [2.24, 2.45) is 11.7 Å². The Kier molecular flexibility index (Phi) is 8.10. The lowest BCUT2D eigenvalue weighted by molar-refractivity contribution is -0.125. The number of benzene rings is 2. The Labute approximate surface area is 258 Å². The van der Waals surface area contributed by atoms with Crippen LogP contribution in [0.1, 0.15) is 5.56 Å². The van der Waals surface area contributed by atoms with E-state index in [0.717, 1.165) is 35.7 Å². The summed E-state index contributed by atoms with van der Waals surface area (Å²) in [5.74, 6) is -2.74. The predicted octanol–water partition coefficient (Wildman–Crippen LogP) is 5.83. The second kappa shape index (κ2) is 12.3. The van der Waals surface area contributed by atoms with Gasteiger partial charge in [0.05, 0.1) is 16.8 Å². The van der Waals surface area contributed by atoms with Gasteiger partial charge in [-0.2, -0.15) is 5.10 Å². The fourth-order valence-electron chi connectivity index (χ4n) is 5.33. The first-order valence-corrected chi connectivity index (χ1v) is 14.3. The summed E-state index contributed by atoms with van der Waals surface area (Å²) >= 11 is 0. The molecule has 1 aliphatic rings. The number of pyridine rings is 1. The van der Waals surface area contributed by atoms with Crippen LogP contribution in [-0.2, 0) is 10.5 Å². The lowest BCUT2D eigenvalue weighted by Gasteiger charge is -2.31. The molecule has 0 saturated carbocycles. The second-order valence-electron chi connectivity index (χ2n) is 10.9. The zero-order valence-corrected chi connectivity index (χ0v) is 24.7. The van der Waals surface area contributed by atoms with Crippen molar-refractivity contribution in [3.8, 4) is 28.3 Å². The van der Waals surface area contributed by atoms with Gasteiger partial charge in [0.1, 0.15) is 29.8 Å². The number of nitrogens with zero attached hydrogens (tertiary/aromatic N) is 5. The number of rotatable bonds is 10. The minimum Gasteiger partial charge on any atom is -0.492 e. The molecule has 0 saturated heterocycles. The van der Waals surface area contributed by atoms with Gasteiger partial charge in [-0.25, -0.2) is 23.3 Å². The molecule has 2 atom stereocenters. The number of primary amides is 1. The topological polar surface area (TPSA) is 111 Å². The van der Waals surface area contributed by atoms with E-state index in [-0.39, 0.29) is 5.56 Å². The van der Waals surface area contributed by atoms with Crippen molar-refractivity contribution in [3.63, 3.8) is 0 Å². The van der Waals surface area contributed by atoms with Crippen LogP contribution in [0.15, 0.2) is 109 Å². The van der Waals surface area contributed by atoms with E-state index in [1.165, 1.54) is 12.1 Å². The number of nitrogens with one attached hydrogen (secondary N) is 1. The largest absolute Gasteiger partial charge is 0.492 e. The minimum absolute atomic E-state index is 0.0732. The van der Waals surface area contributed by atoms with Crippen LogP contribution < -0.4 is 15.8 Å². The lowest BCUT2D eigenvalue weighted by atomic mass is 9.78. The molecule has 228 valence electrons. The summed E-state index contributed by atoms with van der Waals surface area (Å²) < 4.78 is 38.7. The molecule has 3 N–H and O–H groups in total. The summed E-state index contributed by atoms with van der Waals surface area (Å²) in [6.07, 6.45) is 6.90. The smallest absolute Gasteiger partial charge is 0.231 e. The number of amides is 1. The van der Waals surface area contributed by atoms with Gasteiger partial charge in [-0.3, -0.25) is 4.79 Å². The molecule has 3 aromatic heterocycles. The Morgan fingerprint density at radius 1 is 1.11 bits per heavy atom. The quantitative estimate of drug-likeness (QED) is 0.206. The van der Waals surface area contributed by atoms with E-state index in [1.807, 2.05) is 61.5 Å². The highest BCUT2D eigenvalue weighted by atomic mass is 19.2. The summed E-state index contributed by atoms with van der Waals surface area (Å²) in [6.45, 7) is 1.34. The minimum atomic E-state index is -2.48. The number of hydrogen-bond donors (Lipinski definition) is 2. The Morgan fingerprint density at radius 3 is 2.78 bits per heavy atom. The van der Waals surface area contributed by atoms with Gasteiger partial charge in [-0.1, -0.05) is 36.4 Å². The monoisotopic (exact) mass is 607 g/mol. The molecule has 1 aliphatic carbocycles. The van der Waals surface area contributed by atoms with Crippen LogP contribution in [0, 0.1) is 5.92 Å². The average Bonchev–Trinajstić information content (AvgIpc) is 3.41. The number of nitrogens with two attached hydrogens (primary N) is 1. The van der Waals surface area contributed by atoms with Crippen LogP contribution in [0.3, 0.4) is 0 Å². The Morgan fingerprint density at radius 2 is 1.96 bits per heavy atom. The van der Waals surface area contributed by atoms with Crippen molar-refractivity contribution in [1.29, 1.82) is 0 Å². The van der Waals surface area contributed by atoms with Gasteiger partial charge in [0.2, 0.25) is 11.9 Å². The van der Waals surface area contributed by atoms with Crippen molar-refractivity contribution in [2.75, 3.05) is 32.6 Å². The van der Waals surface area contributed by atoms with Gasteiger partial charge in [0.25, 0.3) is 0 Å². The number of carbonyl (C=O) groups excluding carboxylic acids is 1.